The second kappa shape index (κ2) is 4.55. The van der Waals surface area contributed by atoms with Gasteiger partial charge in [0.1, 0.15) is 17.9 Å². The van der Waals surface area contributed by atoms with E-state index in [1.54, 1.807) is 0 Å². The van der Waals surface area contributed by atoms with Crippen molar-refractivity contribution >= 4 is 12.1 Å². The van der Waals surface area contributed by atoms with E-state index in [9.17, 15) is 9.59 Å². The normalized spacial score (nSPS) is 24.0. The molecule has 2 heterocycles. The van der Waals surface area contributed by atoms with E-state index in [-0.39, 0.29) is 11.6 Å². The molecule has 5 heteroatoms. The Labute approximate surface area is 105 Å². The number of aromatic amines is 1. The van der Waals surface area contributed by atoms with E-state index in [4.69, 9.17) is 0 Å². The summed E-state index contributed by atoms with van der Waals surface area (Å²) in [6.07, 6.45) is 6.15. The summed E-state index contributed by atoms with van der Waals surface area (Å²) in [6, 6.07) is 1.38. The molecule has 96 valence electrons. The summed E-state index contributed by atoms with van der Waals surface area (Å²) in [4.78, 5) is 32.1. The van der Waals surface area contributed by atoms with Crippen LogP contribution in [0.5, 0.6) is 0 Å². The van der Waals surface area contributed by atoms with Crippen molar-refractivity contribution in [3.05, 3.63) is 22.2 Å². The Bertz CT molecular complexity index is 507. The quantitative estimate of drug-likeness (QED) is 0.815. The SMILES string of the molecule is O=CC1CCCCN1c1cc(=O)[nH]c(C2CC2)n1. The monoisotopic (exact) mass is 247 g/mol. The van der Waals surface area contributed by atoms with Crippen LogP contribution in [0.4, 0.5) is 5.82 Å². The van der Waals surface area contributed by atoms with Crippen molar-refractivity contribution in [2.45, 2.75) is 44.1 Å². The van der Waals surface area contributed by atoms with Gasteiger partial charge in [-0.15, -0.1) is 0 Å². The Hall–Kier alpha value is -1.65. The van der Waals surface area contributed by atoms with Gasteiger partial charge in [0.2, 0.25) is 0 Å². The Morgan fingerprint density at radius 2 is 2.17 bits per heavy atom. The predicted molar refractivity (Wildman–Crippen MR) is 67.9 cm³/mol. The molecule has 0 amide bonds. The van der Waals surface area contributed by atoms with Crippen molar-refractivity contribution in [1.82, 2.24) is 9.97 Å². The van der Waals surface area contributed by atoms with Crippen LogP contribution in [0.15, 0.2) is 10.9 Å². The average Bonchev–Trinajstić information content (AvgIpc) is 3.22. The lowest BCUT2D eigenvalue weighted by atomic mass is 10.0. The van der Waals surface area contributed by atoms with Crippen molar-refractivity contribution in [2.75, 3.05) is 11.4 Å². The number of piperidine rings is 1. The van der Waals surface area contributed by atoms with Crippen LogP contribution >= 0.6 is 0 Å². The highest BCUT2D eigenvalue weighted by atomic mass is 16.1. The number of nitrogens with zero attached hydrogens (tertiary/aromatic N) is 2. The van der Waals surface area contributed by atoms with Crippen LogP contribution in [-0.4, -0.2) is 28.8 Å². The number of anilines is 1. The fraction of sp³-hybridized carbons (Fsp3) is 0.615. The van der Waals surface area contributed by atoms with E-state index in [1.807, 2.05) is 4.90 Å². The largest absolute Gasteiger partial charge is 0.347 e. The first kappa shape index (κ1) is 11.4. The van der Waals surface area contributed by atoms with E-state index < -0.39 is 0 Å². The highest BCUT2D eigenvalue weighted by molar-refractivity contribution is 5.65. The number of hydrogen-bond acceptors (Lipinski definition) is 4. The molecule has 1 aromatic heterocycles. The van der Waals surface area contributed by atoms with E-state index in [0.29, 0.717) is 11.7 Å². The number of aldehydes is 1. The maximum absolute atomic E-state index is 11.7. The first-order valence-corrected chi connectivity index (χ1v) is 6.61. The molecule has 5 nitrogen and oxygen atoms in total. The van der Waals surface area contributed by atoms with Gasteiger partial charge in [0.15, 0.2) is 0 Å². The molecule has 0 radical (unpaired) electrons. The number of H-pyrrole nitrogens is 1. The third kappa shape index (κ3) is 2.17. The Morgan fingerprint density at radius 3 is 2.89 bits per heavy atom. The molecule has 2 aliphatic rings. The van der Waals surface area contributed by atoms with Gasteiger partial charge in [-0.1, -0.05) is 0 Å². The molecule has 18 heavy (non-hydrogen) atoms. The number of carbonyl (C=O) groups excluding carboxylic acids is 1. The molecule has 3 rings (SSSR count). The molecule has 1 N–H and O–H groups in total. The molecule has 1 atom stereocenters. The number of carbonyl (C=O) groups is 1. The van der Waals surface area contributed by atoms with Gasteiger partial charge in [-0.25, -0.2) is 4.98 Å². The number of nitrogens with one attached hydrogen (secondary N) is 1. The van der Waals surface area contributed by atoms with Crippen LogP contribution in [0.2, 0.25) is 0 Å². The van der Waals surface area contributed by atoms with Gasteiger partial charge >= 0.3 is 0 Å². The summed E-state index contributed by atoms with van der Waals surface area (Å²) in [7, 11) is 0. The molecule has 0 spiro atoms. The fourth-order valence-corrected chi connectivity index (χ4v) is 2.54. The third-order valence-corrected chi connectivity index (χ3v) is 3.71. The minimum atomic E-state index is -0.125. The third-order valence-electron chi connectivity index (χ3n) is 3.71. The van der Waals surface area contributed by atoms with Crippen LogP contribution in [0.1, 0.15) is 43.8 Å². The Morgan fingerprint density at radius 1 is 1.33 bits per heavy atom. The zero-order chi connectivity index (χ0) is 12.5. The standard InChI is InChI=1S/C13H17N3O2/c17-8-10-3-1-2-6-16(10)11-7-12(18)15-13(14-11)9-4-5-9/h7-10H,1-6H2,(H,14,15,18). The van der Waals surface area contributed by atoms with Gasteiger partial charge in [0, 0.05) is 18.5 Å². The molecule has 1 unspecified atom stereocenters. The Balaban J connectivity index is 1.94. The van der Waals surface area contributed by atoms with Gasteiger partial charge in [-0.3, -0.25) is 4.79 Å². The summed E-state index contributed by atoms with van der Waals surface area (Å²) in [5, 5.41) is 0. The molecular formula is C13H17N3O2. The van der Waals surface area contributed by atoms with Crippen LogP contribution in [0.25, 0.3) is 0 Å². The average molecular weight is 247 g/mol. The second-order valence-corrected chi connectivity index (χ2v) is 5.16. The maximum atomic E-state index is 11.7. The number of hydrogen-bond donors (Lipinski definition) is 1. The van der Waals surface area contributed by atoms with Crippen LogP contribution in [0.3, 0.4) is 0 Å². The first-order valence-electron chi connectivity index (χ1n) is 6.61. The highest BCUT2D eigenvalue weighted by Crippen LogP contribution is 2.38. The van der Waals surface area contributed by atoms with Crippen LogP contribution in [-0.2, 0) is 4.79 Å². The zero-order valence-electron chi connectivity index (χ0n) is 10.3. The van der Waals surface area contributed by atoms with Crippen molar-refractivity contribution in [1.29, 1.82) is 0 Å². The zero-order valence-corrected chi connectivity index (χ0v) is 10.3. The summed E-state index contributed by atoms with van der Waals surface area (Å²) < 4.78 is 0. The fourth-order valence-electron chi connectivity index (χ4n) is 2.54. The molecular weight excluding hydrogens is 230 g/mol. The summed E-state index contributed by atoms with van der Waals surface area (Å²) in [5.74, 6) is 1.86. The molecule has 0 aromatic carbocycles. The number of rotatable bonds is 3. The van der Waals surface area contributed by atoms with E-state index in [1.165, 1.54) is 6.07 Å². The summed E-state index contributed by atoms with van der Waals surface area (Å²) in [6.45, 7) is 0.809. The van der Waals surface area contributed by atoms with Crippen molar-refractivity contribution in [3.8, 4) is 0 Å². The summed E-state index contributed by atoms with van der Waals surface area (Å²) in [5.41, 5.74) is -0.114. The van der Waals surface area contributed by atoms with Gasteiger partial charge < -0.3 is 14.7 Å². The molecule has 1 saturated carbocycles. The number of aromatic nitrogens is 2. The molecule has 2 fully saturated rings. The minimum Gasteiger partial charge on any atom is -0.347 e. The lowest BCUT2D eigenvalue weighted by Gasteiger charge is -2.33. The van der Waals surface area contributed by atoms with Gasteiger partial charge in [-0.05, 0) is 32.1 Å². The minimum absolute atomic E-state index is 0.114. The summed E-state index contributed by atoms with van der Waals surface area (Å²) >= 11 is 0. The predicted octanol–water partition coefficient (Wildman–Crippen LogP) is 1.21. The van der Waals surface area contributed by atoms with Crippen molar-refractivity contribution in [2.24, 2.45) is 0 Å². The topological polar surface area (TPSA) is 66.1 Å². The first-order chi connectivity index (χ1) is 8.78. The molecule has 1 aliphatic carbocycles. The molecule has 1 saturated heterocycles. The van der Waals surface area contributed by atoms with Crippen LogP contribution in [0, 0.1) is 0 Å². The molecule has 0 bridgehead atoms. The van der Waals surface area contributed by atoms with Crippen molar-refractivity contribution in [3.63, 3.8) is 0 Å². The van der Waals surface area contributed by atoms with E-state index >= 15 is 0 Å². The Kier molecular flexibility index (Phi) is 2.89. The van der Waals surface area contributed by atoms with E-state index in [2.05, 4.69) is 9.97 Å². The van der Waals surface area contributed by atoms with E-state index in [0.717, 1.165) is 50.8 Å². The maximum Gasteiger partial charge on any atom is 0.252 e. The highest BCUT2D eigenvalue weighted by Gasteiger charge is 2.28. The lowest BCUT2D eigenvalue weighted by molar-refractivity contribution is -0.109. The second-order valence-electron chi connectivity index (χ2n) is 5.16. The van der Waals surface area contributed by atoms with Crippen LogP contribution < -0.4 is 10.5 Å². The molecule has 1 aliphatic heterocycles. The van der Waals surface area contributed by atoms with Crippen molar-refractivity contribution < 1.29 is 4.79 Å². The smallest absolute Gasteiger partial charge is 0.252 e. The van der Waals surface area contributed by atoms with Gasteiger partial charge in [0.25, 0.3) is 5.56 Å². The molecule has 1 aromatic rings. The van der Waals surface area contributed by atoms with Gasteiger partial charge in [0.05, 0.1) is 6.04 Å². The van der Waals surface area contributed by atoms with Gasteiger partial charge in [-0.2, -0.15) is 0 Å². The lowest BCUT2D eigenvalue weighted by Crippen LogP contribution is -2.41.